The molecule has 0 amide bonds. The Morgan fingerprint density at radius 2 is 1.94 bits per heavy atom. The summed E-state index contributed by atoms with van der Waals surface area (Å²) in [5.41, 5.74) is 7.49. The molecule has 1 aromatic heterocycles. The standard InChI is InChI=1S/C12H17N3O2S/c1-12(2,18(3,16)17)8-15-10-7-5-4-6-9(10)14-11(15)13/h4-7H,8H2,1-3H3,(H2,13,14). The number of nitrogens with zero attached hydrogens (tertiary/aromatic N) is 2. The zero-order valence-electron chi connectivity index (χ0n) is 10.7. The van der Waals surface area contributed by atoms with Crippen LogP contribution in [0.1, 0.15) is 13.8 Å². The van der Waals surface area contributed by atoms with Crippen molar-refractivity contribution in [1.29, 1.82) is 0 Å². The van der Waals surface area contributed by atoms with E-state index in [-0.39, 0.29) is 6.54 Å². The van der Waals surface area contributed by atoms with Gasteiger partial charge in [-0.15, -0.1) is 0 Å². The lowest BCUT2D eigenvalue weighted by atomic mass is 10.2. The van der Waals surface area contributed by atoms with Gasteiger partial charge in [0.05, 0.1) is 15.8 Å². The largest absolute Gasteiger partial charge is 0.369 e. The molecule has 18 heavy (non-hydrogen) atoms. The zero-order valence-corrected chi connectivity index (χ0v) is 11.5. The highest BCUT2D eigenvalue weighted by molar-refractivity contribution is 7.92. The van der Waals surface area contributed by atoms with Gasteiger partial charge in [0.25, 0.3) is 0 Å². The van der Waals surface area contributed by atoms with Gasteiger partial charge in [0, 0.05) is 12.8 Å². The first-order valence-corrected chi connectivity index (χ1v) is 7.52. The Balaban J connectivity index is 2.53. The maximum absolute atomic E-state index is 11.8. The minimum absolute atomic E-state index is 0.290. The van der Waals surface area contributed by atoms with Crippen LogP contribution in [-0.4, -0.2) is 29.0 Å². The van der Waals surface area contributed by atoms with Crippen LogP contribution in [-0.2, 0) is 16.4 Å². The molecule has 0 radical (unpaired) electrons. The number of nitrogen functional groups attached to an aromatic ring is 1. The molecule has 0 aliphatic carbocycles. The molecule has 2 N–H and O–H groups in total. The van der Waals surface area contributed by atoms with Crippen LogP contribution in [0.15, 0.2) is 24.3 Å². The topological polar surface area (TPSA) is 78.0 Å². The van der Waals surface area contributed by atoms with Crippen molar-refractivity contribution in [2.75, 3.05) is 12.0 Å². The molecular weight excluding hydrogens is 250 g/mol. The van der Waals surface area contributed by atoms with E-state index in [1.54, 1.807) is 18.4 Å². The molecule has 0 saturated heterocycles. The fraction of sp³-hybridized carbons (Fsp3) is 0.417. The number of anilines is 1. The third-order valence-electron chi connectivity index (χ3n) is 3.23. The molecule has 2 rings (SSSR count). The monoisotopic (exact) mass is 267 g/mol. The summed E-state index contributed by atoms with van der Waals surface area (Å²) in [4.78, 5) is 4.23. The second kappa shape index (κ2) is 3.98. The molecule has 1 heterocycles. The van der Waals surface area contributed by atoms with Crippen molar-refractivity contribution >= 4 is 26.8 Å². The summed E-state index contributed by atoms with van der Waals surface area (Å²) >= 11 is 0. The first-order chi connectivity index (χ1) is 8.22. The van der Waals surface area contributed by atoms with Gasteiger partial charge >= 0.3 is 0 Å². The number of rotatable bonds is 3. The van der Waals surface area contributed by atoms with Crippen LogP contribution in [0.4, 0.5) is 5.95 Å². The van der Waals surface area contributed by atoms with Gasteiger partial charge in [-0.2, -0.15) is 0 Å². The quantitative estimate of drug-likeness (QED) is 0.912. The summed E-state index contributed by atoms with van der Waals surface area (Å²) in [5, 5.41) is 0. The lowest BCUT2D eigenvalue weighted by Crippen LogP contribution is -2.36. The van der Waals surface area contributed by atoms with Crippen molar-refractivity contribution in [3.8, 4) is 0 Å². The Hall–Kier alpha value is -1.56. The van der Waals surface area contributed by atoms with Crippen molar-refractivity contribution in [3.05, 3.63) is 24.3 Å². The second-order valence-corrected chi connectivity index (χ2v) is 7.73. The lowest BCUT2D eigenvalue weighted by molar-refractivity contribution is 0.511. The number of imidazole rings is 1. The van der Waals surface area contributed by atoms with E-state index in [4.69, 9.17) is 5.73 Å². The van der Waals surface area contributed by atoms with E-state index in [0.717, 1.165) is 11.0 Å². The van der Waals surface area contributed by atoms with Gasteiger partial charge in [-0.05, 0) is 26.0 Å². The number of para-hydroxylation sites is 2. The highest BCUT2D eigenvalue weighted by Crippen LogP contribution is 2.24. The van der Waals surface area contributed by atoms with Crippen LogP contribution in [0.5, 0.6) is 0 Å². The van der Waals surface area contributed by atoms with Gasteiger partial charge in [-0.1, -0.05) is 12.1 Å². The smallest absolute Gasteiger partial charge is 0.201 e. The van der Waals surface area contributed by atoms with E-state index >= 15 is 0 Å². The third-order valence-corrected chi connectivity index (χ3v) is 5.36. The molecule has 0 aliphatic rings. The normalized spacial score (nSPS) is 13.1. The molecule has 5 nitrogen and oxygen atoms in total. The molecule has 0 bridgehead atoms. The minimum atomic E-state index is -3.17. The van der Waals surface area contributed by atoms with Gasteiger partial charge in [0.15, 0.2) is 9.84 Å². The lowest BCUT2D eigenvalue weighted by Gasteiger charge is -2.23. The molecule has 0 unspecified atom stereocenters. The van der Waals surface area contributed by atoms with E-state index in [0.29, 0.717) is 5.95 Å². The number of sulfone groups is 1. The highest BCUT2D eigenvalue weighted by atomic mass is 32.2. The van der Waals surface area contributed by atoms with Crippen LogP contribution in [0.3, 0.4) is 0 Å². The molecule has 6 heteroatoms. The number of aromatic nitrogens is 2. The SMILES string of the molecule is CC(C)(Cn1c(N)nc2ccccc21)S(C)(=O)=O. The Morgan fingerprint density at radius 1 is 1.33 bits per heavy atom. The first kappa shape index (κ1) is 12.9. The number of hydrogen-bond acceptors (Lipinski definition) is 4. The summed E-state index contributed by atoms with van der Waals surface area (Å²) in [6, 6.07) is 7.50. The van der Waals surface area contributed by atoms with Gasteiger partial charge in [0.1, 0.15) is 0 Å². The fourth-order valence-corrected chi connectivity index (χ4v) is 2.12. The Morgan fingerprint density at radius 3 is 2.56 bits per heavy atom. The molecule has 2 aromatic rings. The predicted octanol–water partition coefficient (Wildman–Crippen LogP) is 1.44. The summed E-state index contributed by atoms with van der Waals surface area (Å²) in [7, 11) is -3.17. The van der Waals surface area contributed by atoms with E-state index in [1.807, 2.05) is 24.3 Å². The molecular formula is C12H17N3O2S. The summed E-state index contributed by atoms with van der Waals surface area (Å²) in [5.74, 6) is 0.341. The molecule has 98 valence electrons. The molecule has 1 aromatic carbocycles. The van der Waals surface area contributed by atoms with Gasteiger partial charge in [-0.25, -0.2) is 13.4 Å². The van der Waals surface area contributed by atoms with E-state index in [9.17, 15) is 8.42 Å². The zero-order chi connectivity index (χ0) is 13.6. The van der Waals surface area contributed by atoms with Crippen molar-refractivity contribution in [2.45, 2.75) is 25.1 Å². The van der Waals surface area contributed by atoms with Gasteiger partial charge in [0.2, 0.25) is 5.95 Å². The number of nitrogens with two attached hydrogens (primary N) is 1. The van der Waals surface area contributed by atoms with Crippen molar-refractivity contribution in [2.24, 2.45) is 0 Å². The third kappa shape index (κ3) is 2.08. The van der Waals surface area contributed by atoms with E-state index in [1.165, 1.54) is 6.26 Å². The van der Waals surface area contributed by atoms with Gasteiger partial charge < -0.3 is 10.3 Å². The molecule has 0 fully saturated rings. The highest BCUT2D eigenvalue weighted by Gasteiger charge is 2.31. The van der Waals surface area contributed by atoms with Crippen LogP contribution >= 0.6 is 0 Å². The number of hydrogen-bond donors (Lipinski definition) is 1. The minimum Gasteiger partial charge on any atom is -0.369 e. The summed E-state index contributed by atoms with van der Waals surface area (Å²) in [6.45, 7) is 3.67. The summed E-state index contributed by atoms with van der Waals surface area (Å²) < 4.78 is 24.4. The van der Waals surface area contributed by atoms with Crippen molar-refractivity contribution in [3.63, 3.8) is 0 Å². The maximum atomic E-state index is 11.8. The van der Waals surface area contributed by atoms with Crippen molar-refractivity contribution in [1.82, 2.24) is 9.55 Å². The van der Waals surface area contributed by atoms with Crippen LogP contribution in [0, 0.1) is 0 Å². The Bertz CT molecular complexity index is 686. The Kier molecular flexibility index (Phi) is 2.85. The Labute approximate surface area is 107 Å². The maximum Gasteiger partial charge on any atom is 0.201 e. The molecule has 0 saturated carbocycles. The molecule has 0 spiro atoms. The second-order valence-electron chi connectivity index (χ2n) is 5.08. The van der Waals surface area contributed by atoms with Gasteiger partial charge in [-0.3, -0.25) is 0 Å². The molecule has 0 atom stereocenters. The average Bonchev–Trinajstić information content (AvgIpc) is 2.54. The summed E-state index contributed by atoms with van der Waals surface area (Å²) in [6.07, 6.45) is 1.24. The number of fused-ring (bicyclic) bond motifs is 1. The van der Waals surface area contributed by atoms with E-state index < -0.39 is 14.6 Å². The molecule has 0 aliphatic heterocycles. The van der Waals surface area contributed by atoms with Crippen LogP contribution < -0.4 is 5.73 Å². The first-order valence-electron chi connectivity index (χ1n) is 5.63. The van der Waals surface area contributed by atoms with Crippen LogP contribution in [0.25, 0.3) is 11.0 Å². The fourth-order valence-electron chi connectivity index (χ4n) is 1.76. The van der Waals surface area contributed by atoms with E-state index in [2.05, 4.69) is 4.98 Å². The van der Waals surface area contributed by atoms with Crippen LogP contribution in [0.2, 0.25) is 0 Å². The average molecular weight is 267 g/mol. The number of benzene rings is 1. The van der Waals surface area contributed by atoms with Crippen molar-refractivity contribution < 1.29 is 8.42 Å². The predicted molar refractivity (Wildman–Crippen MR) is 73.1 cm³/mol.